The van der Waals surface area contributed by atoms with Crippen LogP contribution in [0.15, 0.2) is 23.8 Å². The molecule has 3 rings (SSSR count). The maximum absolute atomic E-state index is 11.7. The molecule has 0 radical (unpaired) electrons. The quantitative estimate of drug-likeness (QED) is 0.675. The number of carbonyl (C=O) groups is 1. The van der Waals surface area contributed by atoms with Crippen LogP contribution in [0.1, 0.15) is 26.7 Å². The maximum atomic E-state index is 11.7. The molecular weight excluding hydrogens is 206 g/mol. The zero-order valence-corrected chi connectivity index (χ0v) is 9.68. The number of hydroxylamine groups is 2. The van der Waals surface area contributed by atoms with Crippen LogP contribution in [0, 0.1) is 0 Å². The van der Waals surface area contributed by atoms with Gasteiger partial charge in [0.1, 0.15) is 12.7 Å². The summed E-state index contributed by atoms with van der Waals surface area (Å²) < 4.78 is 5.10. The number of hydrogen-bond acceptors (Lipinski definition) is 3. The Hall–Kier alpha value is -1.29. The van der Waals surface area contributed by atoms with E-state index in [1.807, 2.05) is 32.1 Å². The fraction of sp³-hybridized carbons (Fsp3) is 0.583. The molecule has 2 heterocycles. The summed E-state index contributed by atoms with van der Waals surface area (Å²) in [5.41, 5.74) is 1.13. The van der Waals surface area contributed by atoms with Gasteiger partial charge in [-0.15, -0.1) is 0 Å². The molecule has 4 nitrogen and oxygen atoms in total. The van der Waals surface area contributed by atoms with Gasteiger partial charge < -0.3 is 4.74 Å². The predicted octanol–water partition coefficient (Wildman–Crippen LogP) is 2.42. The second-order valence-corrected chi connectivity index (χ2v) is 4.36. The fourth-order valence-electron chi connectivity index (χ4n) is 1.81. The second-order valence-electron chi connectivity index (χ2n) is 4.36. The van der Waals surface area contributed by atoms with Gasteiger partial charge >= 0.3 is 6.09 Å². The Morgan fingerprint density at radius 3 is 2.81 bits per heavy atom. The molecule has 2 bridgehead atoms. The van der Waals surface area contributed by atoms with E-state index >= 15 is 0 Å². The molecule has 0 aromatic rings. The summed E-state index contributed by atoms with van der Waals surface area (Å²) in [7, 11) is 0. The normalized spacial score (nSPS) is 26.8. The van der Waals surface area contributed by atoms with Crippen LogP contribution in [0.5, 0.6) is 0 Å². The molecule has 0 saturated carbocycles. The molecule has 0 aromatic carbocycles. The molecular formula is C12H17NO3. The van der Waals surface area contributed by atoms with E-state index in [1.165, 1.54) is 5.06 Å². The predicted molar refractivity (Wildman–Crippen MR) is 59.7 cm³/mol. The third-order valence-corrected chi connectivity index (χ3v) is 2.72. The van der Waals surface area contributed by atoms with Crippen molar-refractivity contribution in [1.29, 1.82) is 0 Å². The third kappa shape index (κ3) is 2.44. The van der Waals surface area contributed by atoms with Crippen molar-refractivity contribution in [1.82, 2.24) is 5.06 Å². The molecule has 4 heteroatoms. The molecule has 1 aliphatic carbocycles. The van der Waals surface area contributed by atoms with Crippen molar-refractivity contribution in [2.75, 3.05) is 6.61 Å². The Bertz CT molecular complexity index is 331. The van der Waals surface area contributed by atoms with Crippen LogP contribution in [0.25, 0.3) is 0 Å². The van der Waals surface area contributed by atoms with Crippen molar-refractivity contribution in [3.63, 3.8) is 0 Å². The van der Waals surface area contributed by atoms with E-state index in [9.17, 15) is 4.79 Å². The molecule has 88 valence electrons. The van der Waals surface area contributed by atoms with Crippen LogP contribution >= 0.6 is 0 Å². The molecule has 1 amide bonds. The summed E-state index contributed by atoms with van der Waals surface area (Å²) in [5, 5.41) is 1.35. The highest BCUT2D eigenvalue weighted by Gasteiger charge is 2.35. The summed E-state index contributed by atoms with van der Waals surface area (Å²) in [6.45, 7) is 4.24. The Kier molecular flexibility index (Phi) is 3.29. The monoisotopic (exact) mass is 223 g/mol. The number of fused-ring (bicyclic) bond motifs is 2. The zero-order valence-electron chi connectivity index (χ0n) is 9.68. The van der Waals surface area contributed by atoms with Crippen molar-refractivity contribution in [2.24, 2.45) is 0 Å². The molecule has 16 heavy (non-hydrogen) atoms. The highest BCUT2D eigenvalue weighted by Crippen LogP contribution is 2.27. The van der Waals surface area contributed by atoms with E-state index in [0.29, 0.717) is 6.61 Å². The van der Waals surface area contributed by atoms with Crippen LogP contribution in [0.2, 0.25) is 0 Å². The van der Waals surface area contributed by atoms with Crippen molar-refractivity contribution in [2.45, 2.75) is 38.8 Å². The highest BCUT2D eigenvalue weighted by molar-refractivity contribution is 5.67. The molecule has 2 aliphatic heterocycles. The van der Waals surface area contributed by atoms with Crippen LogP contribution in [0.4, 0.5) is 4.79 Å². The molecule has 0 N–H and O–H groups in total. The number of rotatable bonds is 2. The van der Waals surface area contributed by atoms with Gasteiger partial charge in [-0.05, 0) is 32.8 Å². The number of nitrogens with zero attached hydrogens (tertiary/aromatic N) is 1. The summed E-state index contributed by atoms with van der Waals surface area (Å²) >= 11 is 0. The van der Waals surface area contributed by atoms with Gasteiger partial charge in [0.2, 0.25) is 0 Å². The average Bonchev–Trinajstić information content (AvgIpc) is 2.30. The van der Waals surface area contributed by atoms with Crippen molar-refractivity contribution in [3.8, 4) is 0 Å². The van der Waals surface area contributed by atoms with Crippen molar-refractivity contribution >= 4 is 6.09 Å². The average molecular weight is 223 g/mol. The van der Waals surface area contributed by atoms with E-state index in [2.05, 4.69) is 0 Å². The lowest BCUT2D eigenvalue weighted by molar-refractivity contribution is -0.207. The first kappa shape index (κ1) is 11.2. The van der Waals surface area contributed by atoms with Crippen LogP contribution in [-0.2, 0) is 9.57 Å². The van der Waals surface area contributed by atoms with Gasteiger partial charge in [0, 0.05) is 0 Å². The summed E-state index contributed by atoms with van der Waals surface area (Å²) in [6.07, 6.45) is 7.49. The van der Waals surface area contributed by atoms with Crippen molar-refractivity contribution in [3.05, 3.63) is 23.8 Å². The highest BCUT2D eigenvalue weighted by atomic mass is 16.7. The summed E-state index contributed by atoms with van der Waals surface area (Å²) in [5.74, 6) is 0. The Labute approximate surface area is 95.5 Å². The first-order valence-corrected chi connectivity index (χ1v) is 5.61. The smallest absolute Gasteiger partial charge is 0.434 e. The second kappa shape index (κ2) is 4.70. The molecule has 0 aromatic heterocycles. The number of hydrogen-bond donors (Lipinski definition) is 0. The Balaban J connectivity index is 1.86. The minimum absolute atomic E-state index is 0.0426. The number of ether oxygens (including phenoxy) is 1. The fourth-order valence-corrected chi connectivity index (χ4v) is 1.81. The first-order valence-electron chi connectivity index (χ1n) is 5.61. The van der Waals surface area contributed by atoms with E-state index < -0.39 is 6.09 Å². The van der Waals surface area contributed by atoms with Gasteiger partial charge in [0.25, 0.3) is 0 Å². The number of allylic oxidation sites excluding steroid dienone is 1. The third-order valence-electron chi connectivity index (χ3n) is 2.72. The van der Waals surface area contributed by atoms with Crippen LogP contribution in [-0.4, -0.2) is 29.9 Å². The van der Waals surface area contributed by atoms with E-state index in [-0.39, 0.29) is 12.1 Å². The van der Waals surface area contributed by atoms with Gasteiger partial charge in [-0.2, -0.15) is 5.06 Å². The lowest BCUT2D eigenvalue weighted by Gasteiger charge is -2.39. The van der Waals surface area contributed by atoms with E-state index in [4.69, 9.17) is 9.57 Å². The standard InChI is InChI=1S/C12H17NO3/c1-9(2)7-8-15-12(14)13-10-3-5-11(16-13)6-4-10/h3,5,7,10-11H,4,6,8H2,1-2H3. The molecule has 2 atom stereocenters. The maximum Gasteiger partial charge on any atom is 0.434 e. The molecule has 3 aliphatic rings. The minimum atomic E-state index is -0.392. The van der Waals surface area contributed by atoms with Gasteiger partial charge in [-0.1, -0.05) is 17.7 Å². The molecule has 2 unspecified atom stereocenters. The zero-order chi connectivity index (χ0) is 11.5. The molecule has 1 saturated heterocycles. The SMILES string of the molecule is CC(C)=CCOC(=O)N1OC2C=CC1CC2. The number of amides is 1. The van der Waals surface area contributed by atoms with E-state index in [0.717, 1.165) is 18.4 Å². The Morgan fingerprint density at radius 2 is 2.31 bits per heavy atom. The lowest BCUT2D eigenvalue weighted by Crippen LogP contribution is -2.48. The van der Waals surface area contributed by atoms with Crippen LogP contribution in [0.3, 0.4) is 0 Å². The van der Waals surface area contributed by atoms with Gasteiger partial charge in [0.15, 0.2) is 0 Å². The van der Waals surface area contributed by atoms with Gasteiger partial charge in [-0.3, -0.25) is 4.84 Å². The number of carbonyl (C=O) groups excluding carboxylic acids is 1. The van der Waals surface area contributed by atoms with E-state index in [1.54, 1.807) is 0 Å². The topological polar surface area (TPSA) is 38.8 Å². The van der Waals surface area contributed by atoms with Gasteiger partial charge in [-0.25, -0.2) is 4.79 Å². The summed E-state index contributed by atoms with van der Waals surface area (Å²) in [6, 6.07) is 0.0456. The largest absolute Gasteiger partial charge is 0.444 e. The van der Waals surface area contributed by atoms with Crippen molar-refractivity contribution < 1.29 is 14.4 Å². The lowest BCUT2D eigenvalue weighted by atomic mass is 9.99. The summed E-state index contributed by atoms with van der Waals surface area (Å²) in [4.78, 5) is 17.1. The van der Waals surface area contributed by atoms with Gasteiger partial charge in [0.05, 0.1) is 6.04 Å². The Morgan fingerprint density at radius 1 is 1.50 bits per heavy atom. The van der Waals surface area contributed by atoms with Crippen LogP contribution < -0.4 is 0 Å². The molecule has 1 fully saturated rings. The molecule has 0 spiro atoms. The first-order chi connectivity index (χ1) is 7.66. The minimum Gasteiger partial charge on any atom is -0.444 e.